The van der Waals surface area contributed by atoms with Crippen molar-refractivity contribution in [1.29, 1.82) is 0 Å². The summed E-state index contributed by atoms with van der Waals surface area (Å²) in [6.07, 6.45) is 6.02. The molecule has 0 aromatic rings. The largest absolute Gasteiger partial charge is 0.598 e. The standard InChI is InChI=1S/C16H26FNOS/c1-5-16(18-20(19)14(2,3)4)12-6-11-7-13(16)10-15(17,8-11)9-12/h5,11-13,18H,1,6-10H2,2-4H3/t11?,12-,13+,15-,16-,20?. The molecule has 0 amide bonds. The molecule has 0 aromatic heterocycles. The Bertz CT molecular complexity index is 403. The molecule has 4 aliphatic rings. The molecule has 0 saturated heterocycles. The van der Waals surface area contributed by atoms with Crippen LogP contribution in [-0.4, -0.2) is 20.5 Å². The molecule has 4 saturated carbocycles. The zero-order valence-electron chi connectivity index (χ0n) is 12.7. The van der Waals surface area contributed by atoms with E-state index in [1.807, 2.05) is 26.8 Å². The summed E-state index contributed by atoms with van der Waals surface area (Å²) >= 11 is -1.14. The fraction of sp³-hybridized carbons (Fsp3) is 0.875. The van der Waals surface area contributed by atoms with Crippen molar-refractivity contribution in [2.24, 2.45) is 17.8 Å². The minimum absolute atomic E-state index is 0.252. The van der Waals surface area contributed by atoms with Gasteiger partial charge in [0.1, 0.15) is 10.4 Å². The summed E-state index contributed by atoms with van der Waals surface area (Å²) in [7, 11) is 0. The van der Waals surface area contributed by atoms with Crippen LogP contribution in [0.5, 0.6) is 0 Å². The Kier molecular flexibility index (Phi) is 3.32. The topological polar surface area (TPSA) is 35.1 Å². The average molecular weight is 299 g/mol. The molecule has 0 aliphatic heterocycles. The molecule has 114 valence electrons. The van der Waals surface area contributed by atoms with E-state index in [1.165, 1.54) is 0 Å². The Balaban J connectivity index is 1.88. The van der Waals surface area contributed by atoms with E-state index < -0.39 is 17.0 Å². The van der Waals surface area contributed by atoms with E-state index in [2.05, 4.69) is 11.3 Å². The fourth-order valence-electron chi connectivity index (χ4n) is 4.80. The monoisotopic (exact) mass is 299 g/mol. The van der Waals surface area contributed by atoms with Gasteiger partial charge in [-0.2, -0.15) is 0 Å². The van der Waals surface area contributed by atoms with Gasteiger partial charge >= 0.3 is 0 Å². The van der Waals surface area contributed by atoms with Crippen LogP contribution < -0.4 is 4.72 Å². The van der Waals surface area contributed by atoms with Gasteiger partial charge < -0.3 is 4.55 Å². The highest BCUT2D eigenvalue weighted by atomic mass is 32.2. The molecule has 2 nitrogen and oxygen atoms in total. The van der Waals surface area contributed by atoms with Crippen LogP contribution in [0.25, 0.3) is 0 Å². The molecule has 20 heavy (non-hydrogen) atoms. The van der Waals surface area contributed by atoms with Gasteiger partial charge in [0.25, 0.3) is 0 Å². The lowest BCUT2D eigenvalue weighted by atomic mass is 9.48. The van der Waals surface area contributed by atoms with Crippen LogP contribution in [0.2, 0.25) is 0 Å². The van der Waals surface area contributed by atoms with Crippen LogP contribution in [-0.2, 0) is 11.4 Å². The lowest BCUT2D eigenvalue weighted by Gasteiger charge is -2.61. The highest BCUT2D eigenvalue weighted by Crippen LogP contribution is 2.61. The van der Waals surface area contributed by atoms with Gasteiger partial charge in [-0.1, -0.05) is 6.08 Å². The minimum atomic E-state index is -1.14. The third kappa shape index (κ3) is 2.15. The van der Waals surface area contributed by atoms with Crippen molar-refractivity contribution in [3.63, 3.8) is 0 Å². The third-order valence-electron chi connectivity index (χ3n) is 5.63. The number of hydrogen-bond acceptors (Lipinski definition) is 2. The number of nitrogens with one attached hydrogen (secondary N) is 1. The summed E-state index contributed by atoms with van der Waals surface area (Å²) in [5, 5.41) is 0. The molecule has 0 aromatic carbocycles. The maximum Gasteiger partial charge on any atom is 0.136 e. The van der Waals surface area contributed by atoms with Crippen LogP contribution in [0.3, 0.4) is 0 Å². The van der Waals surface area contributed by atoms with Crippen LogP contribution in [0.4, 0.5) is 4.39 Å². The SMILES string of the molecule is C=C[C@@]1(N[S+]([O-])C(C)(C)C)[C@@H]2CC3C[C@H]1C[C@@](F)(C3)C2. The molecule has 2 unspecified atom stereocenters. The third-order valence-corrected chi connectivity index (χ3v) is 7.28. The second-order valence-corrected chi connectivity index (χ2v) is 10.1. The van der Waals surface area contributed by atoms with Gasteiger partial charge in [0.15, 0.2) is 0 Å². The first-order valence-electron chi connectivity index (χ1n) is 7.71. The summed E-state index contributed by atoms with van der Waals surface area (Å²) in [6.45, 7) is 9.93. The van der Waals surface area contributed by atoms with E-state index >= 15 is 0 Å². The van der Waals surface area contributed by atoms with Gasteiger partial charge in [0, 0.05) is 11.4 Å². The highest BCUT2D eigenvalue weighted by Gasteiger charge is 2.63. The molecule has 4 aliphatic carbocycles. The Hall–Kier alpha value is -0.0600. The van der Waals surface area contributed by atoms with Crippen molar-refractivity contribution in [1.82, 2.24) is 4.72 Å². The van der Waals surface area contributed by atoms with Crippen LogP contribution in [0, 0.1) is 17.8 Å². The smallest absolute Gasteiger partial charge is 0.136 e. The highest BCUT2D eigenvalue weighted by molar-refractivity contribution is 7.90. The average Bonchev–Trinajstić information content (AvgIpc) is 2.30. The Morgan fingerprint density at radius 2 is 1.80 bits per heavy atom. The van der Waals surface area contributed by atoms with E-state index in [-0.39, 0.29) is 22.1 Å². The van der Waals surface area contributed by atoms with Gasteiger partial charge in [-0.15, -0.1) is 11.3 Å². The molecule has 0 heterocycles. The van der Waals surface area contributed by atoms with Gasteiger partial charge in [0.05, 0.1) is 5.54 Å². The minimum Gasteiger partial charge on any atom is -0.598 e. The number of halogens is 1. The van der Waals surface area contributed by atoms with Crippen molar-refractivity contribution in [2.45, 2.75) is 68.8 Å². The predicted molar refractivity (Wildman–Crippen MR) is 81.4 cm³/mol. The first-order valence-corrected chi connectivity index (χ1v) is 8.86. The summed E-state index contributed by atoms with van der Waals surface area (Å²) in [6, 6.07) is 0. The van der Waals surface area contributed by atoms with E-state index in [0.717, 1.165) is 19.3 Å². The molecular weight excluding hydrogens is 273 g/mol. The van der Waals surface area contributed by atoms with Crippen molar-refractivity contribution in [3.8, 4) is 0 Å². The lowest BCUT2D eigenvalue weighted by molar-refractivity contribution is -0.111. The zero-order chi connectivity index (χ0) is 14.8. The van der Waals surface area contributed by atoms with Crippen molar-refractivity contribution < 1.29 is 8.94 Å². The van der Waals surface area contributed by atoms with Crippen LogP contribution in [0.1, 0.15) is 52.9 Å². The first-order chi connectivity index (χ1) is 9.18. The van der Waals surface area contributed by atoms with E-state index in [0.29, 0.717) is 18.8 Å². The molecule has 6 atom stereocenters. The molecule has 0 spiro atoms. The summed E-state index contributed by atoms with van der Waals surface area (Å²) in [5.41, 5.74) is -1.29. The molecule has 4 bridgehead atoms. The maximum absolute atomic E-state index is 14.8. The second-order valence-electron chi connectivity index (χ2n) is 8.11. The lowest BCUT2D eigenvalue weighted by Crippen LogP contribution is -2.69. The Morgan fingerprint density at radius 3 is 2.20 bits per heavy atom. The van der Waals surface area contributed by atoms with E-state index in [4.69, 9.17) is 0 Å². The summed E-state index contributed by atoms with van der Waals surface area (Å²) < 4.78 is 30.4. The van der Waals surface area contributed by atoms with E-state index in [1.54, 1.807) is 0 Å². The first kappa shape index (κ1) is 14.9. The van der Waals surface area contributed by atoms with Crippen molar-refractivity contribution >= 4 is 11.4 Å². The molecular formula is C16H26FNOS. The van der Waals surface area contributed by atoms with Gasteiger partial charge in [-0.05, 0) is 70.6 Å². The maximum atomic E-state index is 14.8. The summed E-state index contributed by atoms with van der Waals surface area (Å²) in [5.74, 6) is 1.03. The quantitative estimate of drug-likeness (QED) is 0.639. The normalized spacial score (nSPS) is 48.4. The molecule has 4 heteroatoms. The van der Waals surface area contributed by atoms with Crippen LogP contribution in [0.15, 0.2) is 12.7 Å². The van der Waals surface area contributed by atoms with Gasteiger partial charge in [-0.25, -0.2) is 4.39 Å². The van der Waals surface area contributed by atoms with E-state index in [9.17, 15) is 8.94 Å². The number of rotatable bonds is 3. The Labute approximate surface area is 124 Å². The number of hydrogen-bond donors (Lipinski definition) is 1. The molecule has 4 fully saturated rings. The predicted octanol–water partition coefficient (Wildman–Crippen LogP) is 3.51. The summed E-state index contributed by atoms with van der Waals surface area (Å²) in [4.78, 5) is 0. The molecule has 4 rings (SSSR count). The number of alkyl halides is 1. The van der Waals surface area contributed by atoms with Gasteiger partial charge in [0.2, 0.25) is 0 Å². The fourth-order valence-corrected chi connectivity index (χ4v) is 5.85. The zero-order valence-corrected chi connectivity index (χ0v) is 13.6. The Morgan fingerprint density at radius 1 is 1.25 bits per heavy atom. The second kappa shape index (κ2) is 4.47. The van der Waals surface area contributed by atoms with Crippen molar-refractivity contribution in [3.05, 3.63) is 12.7 Å². The molecule has 1 N–H and O–H groups in total. The van der Waals surface area contributed by atoms with Crippen LogP contribution >= 0.6 is 0 Å². The van der Waals surface area contributed by atoms with Gasteiger partial charge in [-0.3, -0.25) is 0 Å². The van der Waals surface area contributed by atoms with Crippen molar-refractivity contribution in [2.75, 3.05) is 0 Å². The molecule has 0 radical (unpaired) electrons.